The number of hydrogen-bond donors (Lipinski definition) is 3. The Balaban J connectivity index is 0. The summed E-state index contributed by atoms with van der Waals surface area (Å²) < 4.78 is 9.58. The zero-order valence-electron chi connectivity index (χ0n) is 6.60. The largest absolute Gasteiger partial charge is 0.478 e. The van der Waals surface area contributed by atoms with Crippen LogP contribution in [0.2, 0.25) is 0 Å². The molecule has 0 aliphatic heterocycles. The number of carboxylic acids is 1. The fourth-order valence-electron chi connectivity index (χ4n) is 0. The van der Waals surface area contributed by atoms with Crippen LogP contribution in [-0.2, 0) is 9.36 Å². The molecule has 0 heterocycles. The van der Waals surface area contributed by atoms with E-state index in [0.29, 0.717) is 5.82 Å². The van der Waals surface area contributed by atoms with Gasteiger partial charge in [-0.15, -0.1) is 0 Å². The highest BCUT2D eigenvalue weighted by Crippen LogP contribution is 2.34. The van der Waals surface area contributed by atoms with Gasteiger partial charge in [0, 0.05) is 11.4 Å². The Bertz CT molecular complexity index is 214. The second-order valence-electron chi connectivity index (χ2n) is 1.86. The fourth-order valence-corrected chi connectivity index (χ4v) is 0. The average Bonchev–Trinajstić information content (AvgIpc) is 1.87. The monoisotopic (exact) mass is 194 g/mol. The Morgan fingerprint density at radius 2 is 1.67 bits per heavy atom. The third-order valence-electron chi connectivity index (χ3n) is 0.603. The minimum Gasteiger partial charge on any atom is -0.478 e. The molecular formula is C6H11O5P. The van der Waals surface area contributed by atoms with Crippen molar-refractivity contribution in [1.29, 1.82) is 0 Å². The van der Waals surface area contributed by atoms with Crippen LogP contribution in [0.1, 0.15) is 6.92 Å². The Hall–Kier alpha value is -0.900. The van der Waals surface area contributed by atoms with E-state index in [2.05, 4.69) is 13.2 Å². The van der Waals surface area contributed by atoms with Gasteiger partial charge in [-0.25, -0.2) is 4.79 Å². The number of carbonyl (C=O) groups is 1. The summed E-state index contributed by atoms with van der Waals surface area (Å²) in [5, 5.41) is 7.89. The molecule has 0 amide bonds. The highest BCUT2D eigenvalue weighted by atomic mass is 31.2. The van der Waals surface area contributed by atoms with Crippen LogP contribution >= 0.6 is 7.60 Å². The summed E-state index contributed by atoms with van der Waals surface area (Å²) in [6, 6.07) is 0. The first kappa shape index (κ1) is 13.7. The molecule has 0 bridgehead atoms. The maximum atomic E-state index is 9.60. The lowest BCUT2D eigenvalue weighted by Crippen LogP contribution is -1.92. The van der Waals surface area contributed by atoms with Crippen LogP contribution in [0.15, 0.2) is 24.5 Å². The van der Waals surface area contributed by atoms with Gasteiger partial charge in [0.15, 0.2) is 0 Å². The molecule has 70 valence electrons. The summed E-state index contributed by atoms with van der Waals surface area (Å²) in [4.78, 5) is 25.2. The fraction of sp³-hybridized carbons (Fsp3) is 0.167. The molecule has 5 nitrogen and oxygen atoms in total. The number of hydrogen-bond acceptors (Lipinski definition) is 2. The van der Waals surface area contributed by atoms with Crippen molar-refractivity contribution in [2.45, 2.75) is 6.92 Å². The Morgan fingerprint density at radius 3 is 1.67 bits per heavy atom. The lowest BCUT2D eigenvalue weighted by molar-refractivity contribution is -0.132. The van der Waals surface area contributed by atoms with Gasteiger partial charge in [0.1, 0.15) is 0 Å². The Labute approximate surface area is 70.2 Å². The first-order valence-corrected chi connectivity index (χ1v) is 4.46. The minimum atomic E-state index is -3.88. The van der Waals surface area contributed by atoms with Crippen molar-refractivity contribution in [2.75, 3.05) is 0 Å². The third kappa shape index (κ3) is 16.0. The summed E-state index contributed by atoms with van der Waals surface area (Å²) in [5.74, 6) is -0.331. The highest BCUT2D eigenvalue weighted by Gasteiger charge is 2.01. The molecular weight excluding hydrogens is 183 g/mol. The smallest absolute Gasteiger partial charge is 0.348 e. The van der Waals surface area contributed by atoms with Crippen molar-refractivity contribution in [1.82, 2.24) is 0 Å². The summed E-state index contributed by atoms with van der Waals surface area (Å²) in [7, 11) is -3.88. The van der Waals surface area contributed by atoms with Crippen LogP contribution in [-0.4, -0.2) is 20.9 Å². The molecule has 0 spiro atoms. The molecule has 0 aromatic heterocycles. The van der Waals surface area contributed by atoms with E-state index in [1.165, 1.54) is 6.92 Å². The molecule has 0 aliphatic rings. The predicted octanol–water partition coefficient (Wildman–Crippen LogP) is 0.955. The summed E-state index contributed by atoms with van der Waals surface area (Å²) >= 11 is 0. The van der Waals surface area contributed by atoms with Crippen LogP contribution in [0.3, 0.4) is 0 Å². The van der Waals surface area contributed by atoms with E-state index in [4.69, 9.17) is 14.9 Å². The second kappa shape index (κ2) is 5.71. The molecule has 0 saturated heterocycles. The summed E-state index contributed by atoms with van der Waals surface area (Å²) in [5.41, 5.74) is 0.176. The molecule has 0 unspecified atom stereocenters. The van der Waals surface area contributed by atoms with Crippen molar-refractivity contribution in [3.63, 3.8) is 0 Å². The van der Waals surface area contributed by atoms with E-state index in [1.807, 2.05) is 0 Å². The van der Waals surface area contributed by atoms with Crippen molar-refractivity contribution in [3.05, 3.63) is 24.5 Å². The van der Waals surface area contributed by atoms with Gasteiger partial charge in [0.25, 0.3) is 0 Å². The van der Waals surface area contributed by atoms with E-state index >= 15 is 0 Å². The summed E-state index contributed by atoms with van der Waals surface area (Å²) in [6.07, 6.45) is 0. The van der Waals surface area contributed by atoms with E-state index in [-0.39, 0.29) is 5.57 Å². The van der Waals surface area contributed by atoms with Gasteiger partial charge < -0.3 is 14.9 Å². The SMILES string of the molecule is C=C(C)C(=O)O.C=CP(=O)(O)O. The highest BCUT2D eigenvalue weighted by molar-refractivity contribution is 7.55. The van der Waals surface area contributed by atoms with Crippen LogP contribution in [0.4, 0.5) is 0 Å². The molecule has 0 atom stereocenters. The number of rotatable bonds is 2. The number of carboxylic acid groups (broad SMARTS) is 1. The van der Waals surface area contributed by atoms with Gasteiger partial charge in [-0.2, -0.15) is 0 Å². The molecule has 12 heavy (non-hydrogen) atoms. The number of aliphatic carboxylic acids is 1. The zero-order valence-corrected chi connectivity index (χ0v) is 7.49. The lowest BCUT2D eigenvalue weighted by Gasteiger charge is -1.87. The van der Waals surface area contributed by atoms with E-state index in [1.54, 1.807) is 0 Å². The maximum Gasteiger partial charge on any atom is 0.348 e. The van der Waals surface area contributed by atoms with Crippen LogP contribution in [0, 0.1) is 0 Å². The lowest BCUT2D eigenvalue weighted by atomic mass is 10.4. The third-order valence-corrected chi connectivity index (χ3v) is 1.08. The topological polar surface area (TPSA) is 94.8 Å². The zero-order chi connectivity index (χ0) is 10.4. The van der Waals surface area contributed by atoms with E-state index < -0.39 is 13.6 Å². The minimum absolute atomic E-state index is 0.176. The predicted molar refractivity (Wildman–Crippen MR) is 44.7 cm³/mol. The Kier molecular flexibility index (Phi) is 6.51. The molecule has 0 aromatic carbocycles. The second-order valence-corrected chi connectivity index (χ2v) is 3.40. The normalized spacial score (nSPS) is 9.25. The molecule has 0 aliphatic carbocycles. The molecule has 0 saturated carbocycles. The van der Waals surface area contributed by atoms with Crippen molar-refractivity contribution in [3.8, 4) is 0 Å². The Morgan fingerprint density at radius 1 is 1.50 bits per heavy atom. The first-order chi connectivity index (χ1) is 5.20. The van der Waals surface area contributed by atoms with Gasteiger partial charge in [0.2, 0.25) is 0 Å². The van der Waals surface area contributed by atoms with Crippen LogP contribution in [0.5, 0.6) is 0 Å². The van der Waals surface area contributed by atoms with Gasteiger partial charge >= 0.3 is 13.6 Å². The van der Waals surface area contributed by atoms with Crippen molar-refractivity contribution >= 4 is 13.6 Å². The van der Waals surface area contributed by atoms with E-state index in [0.717, 1.165) is 0 Å². The molecule has 0 aromatic rings. The molecule has 6 heteroatoms. The standard InChI is InChI=1S/C4H6O2.C2H5O3P/c1-3(2)4(5)6;1-2-6(3,4)5/h1H2,2H3,(H,5,6);2H,1H2,(H2,3,4,5). The molecule has 0 fully saturated rings. The first-order valence-electron chi connectivity index (χ1n) is 2.78. The van der Waals surface area contributed by atoms with Gasteiger partial charge in [-0.1, -0.05) is 13.2 Å². The van der Waals surface area contributed by atoms with Gasteiger partial charge in [0.05, 0.1) is 0 Å². The molecule has 0 radical (unpaired) electrons. The van der Waals surface area contributed by atoms with Gasteiger partial charge in [-0.3, -0.25) is 4.57 Å². The van der Waals surface area contributed by atoms with Crippen LogP contribution in [0.25, 0.3) is 0 Å². The van der Waals surface area contributed by atoms with E-state index in [9.17, 15) is 9.36 Å². The van der Waals surface area contributed by atoms with Crippen LogP contribution < -0.4 is 0 Å². The van der Waals surface area contributed by atoms with Crippen molar-refractivity contribution < 1.29 is 24.3 Å². The molecule has 3 N–H and O–H groups in total. The molecule has 0 rings (SSSR count). The van der Waals surface area contributed by atoms with Crippen molar-refractivity contribution in [2.24, 2.45) is 0 Å². The maximum absolute atomic E-state index is 9.60. The summed E-state index contributed by atoms with van der Waals surface area (Å²) in [6.45, 7) is 7.47. The average molecular weight is 194 g/mol. The quantitative estimate of drug-likeness (QED) is 0.449. The van der Waals surface area contributed by atoms with Gasteiger partial charge in [-0.05, 0) is 6.92 Å².